The summed E-state index contributed by atoms with van der Waals surface area (Å²) in [7, 11) is 0. The zero-order valence-electron chi connectivity index (χ0n) is 12.9. The Morgan fingerprint density at radius 3 is 2.36 bits per heavy atom. The number of aromatic nitrogens is 1. The van der Waals surface area contributed by atoms with Crippen molar-refractivity contribution in [1.29, 1.82) is 0 Å². The maximum atomic E-state index is 12.6. The van der Waals surface area contributed by atoms with Crippen LogP contribution in [0.2, 0.25) is 0 Å². The van der Waals surface area contributed by atoms with E-state index in [2.05, 4.69) is 11.1 Å². The van der Waals surface area contributed by atoms with E-state index in [0.29, 0.717) is 5.56 Å². The van der Waals surface area contributed by atoms with Gasteiger partial charge in [0.05, 0.1) is 15.8 Å². The van der Waals surface area contributed by atoms with Crippen LogP contribution in [0.15, 0.2) is 60.7 Å². The van der Waals surface area contributed by atoms with E-state index in [0.717, 1.165) is 38.1 Å². The molecule has 0 radical (unpaired) electrons. The molecule has 5 heteroatoms. The Labute approximate surface area is 146 Å². The summed E-state index contributed by atoms with van der Waals surface area (Å²) < 4.78 is 38.9. The molecular formula is C20H12F3NS. The first-order chi connectivity index (χ1) is 12.0. The number of rotatable bonds is 2. The van der Waals surface area contributed by atoms with Crippen molar-refractivity contribution in [3.63, 3.8) is 0 Å². The molecule has 4 aromatic rings. The zero-order chi connectivity index (χ0) is 17.4. The summed E-state index contributed by atoms with van der Waals surface area (Å²) >= 11 is 1.56. The summed E-state index contributed by atoms with van der Waals surface area (Å²) in [4.78, 5) is 4.66. The van der Waals surface area contributed by atoms with Gasteiger partial charge in [-0.25, -0.2) is 4.98 Å². The first kappa shape index (κ1) is 15.8. The Kier molecular flexibility index (Phi) is 3.81. The molecule has 1 heterocycles. The lowest BCUT2D eigenvalue weighted by atomic mass is 10.1. The molecule has 0 N–H and O–H groups in total. The van der Waals surface area contributed by atoms with Gasteiger partial charge >= 0.3 is 6.18 Å². The summed E-state index contributed by atoms with van der Waals surface area (Å²) in [6, 6.07) is 17.3. The van der Waals surface area contributed by atoms with E-state index in [-0.39, 0.29) is 0 Å². The molecule has 0 unspecified atom stereocenters. The molecule has 0 saturated carbocycles. The van der Waals surface area contributed by atoms with Crippen molar-refractivity contribution in [2.24, 2.45) is 0 Å². The van der Waals surface area contributed by atoms with Gasteiger partial charge in [-0.1, -0.05) is 48.5 Å². The summed E-state index contributed by atoms with van der Waals surface area (Å²) in [5, 5.41) is 3.07. The van der Waals surface area contributed by atoms with Crippen molar-refractivity contribution in [3.05, 3.63) is 76.8 Å². The smallest absolute Gasteiger partial charge is 0.236 e. The van der Waals surface area contributed by atoms with Gasteiger partial charge in [-0.05, 0) is 35.2 Å². The summed E-state index contributed by atoms with van der Waals surface area (Å²) in [6.45, 7) is 0. The van der Waals surface area contributed by atoms with Crippen molar-refractivity contribution in [3.8, 4) is 0 Å². The number of hydrogen-bond acceptors (Lipinski definition) is 2. The van der Waals surface area contributed by atoms with Gasteiger partial charge in [0.15, 0.2) is 0 Å². The summed E-state index contributed by atoms with van der Waals surface area (Å²) in [5.74, 6) is 0. The van der Waals surface area contributed by atoms with Crippen LogP contribution in [0.4, 0.5) is 13.2 Å². The van der Waals surface area contributed by atoms with E-state index < -0.39 is 11.7 Å². The van der Waals surface area contributed by atoms with E-state index in [1.165, 1.54) is 12.1 Å². The van der Waals surface area contributed by atoms with Crippen LogP contribution >= 0.6 is 11.3 Å². The molecule has 0 atom stereocenters. The molecule has 0 spiro atoms. The van der Waals surface area contributed by atoms with Crippen LogP contribution in [0.1, 0.15) is 16.1 Å². The number of halogens is 3. The van der Waals surface area contributed by atoms with E-state index >= 15 is 0 Å². The van der Waals surface area contributed by atoms with Crippen LogP contribution in [0.3, 0.4) is 0 Å². The maximum absolute atomic E-state index is 12.6. The molecule has 0 saturated heterocycles. The van der Waals surface area contributed by atoms with Crippen molar-refractivity contribution in [2.75, 3.05) is 0 Å². The molecule has 0 fully saturated rings. The molecule has 0 aliphatic carbocycles. The van der Waals surface area contributed by atoms with Crippen LogP contribution in [-0.2, 0) is 6.18 Å². The number of fused-ring (bicyclic) bond motifs is 3. The zero-order valence-corrected chi connectivity index (χ0v) is 13.7. The Bertz CT molecular complexity index is 1080. The molecule has 3 aromatic carbocycles. The number of hydrogen-bond donors (Lipinski definition) is 0. The van der Waals surface area contributed by atoms with Gasteiger partial charge in [-0.3, -0.25) is 0 Å². The standard InChI is InChI=1S/C20H12F3NS/c21-20(22,23)15-9-5-13(6-10-15)7-12-18-24-19-16-4-2-1-3-14(16)8-11-17(19)25-18/h1-12H/b12-7+. The van der Waals surface area contributed by atoms with Gasteiger partial charge in [-0.2, -0.15) is 13.2 Å². The van der Waals surface area contributed by atoms with Crippen molar-refractivity contribution in [1.82, 2.24) is 4.98 Å². The predicted molar refractivity (Wildman–Crippen MR) is 97.5 cm³/mol. The highest BCUT2D eigenvalue weighted by Crippen LogP contribution is 2.31. The highest BCUT2D eigenvalue weighted by molar-refractivity contribution is 7.19. The third kappa shape index (κ3) is 3.15. The van der Waals surface area contributed by atoms with Gasteiger partial charge in [0.2, 0.25) is 0 Å². The Morgan fingerprint density at radius 2 is 1.60 bits per heavy atom. The van der Waals surface area contributed by atoms with E-state index in [1.54, 1.807) is 17.4 Å². The molecule has 25 heavy (non-hydrogen) atoms. The summed E-state index contributed by atoms with van der Waals surface area (Å²) in [6.07, 6.45) is -0.696. The molecule has 0 bridgehead atoms. The summed E-state index contributed by atoms with van der Waals surface area (Å²) in [5.41, 5.74) is 1.02. The fourth-order valence-electron chi connectivity index (χ4n) is 2.70. The fourth-order valence-corrected chi connectivity index (χ4v) is 3.59. The van der Waals surface area contributed by atoms with Crippen LogP contribution in [-0.4, -0.2) is 4.98 Å². The van der Waals surface area contributed by atoms with Gasteiger partial charge in [0, 0.05) is 5.39 Å². The largest absolute Gasteiger partial charge is 0.416 e. The Hall–Kier alpha value is -2.66. The van der Waals surface area contributed by atoms with Crippen molar-refractivity contribution in [2.45, 2.75) is 6.18 Å². The predicted octanol–water partition coefficient (Wildman–Crippen LogP) is 6.64. The molecule has 1 nitrogen and oxygen atoms in total. The second-order valence-electron chi connectivity index (χ2n) is 5.64. The van der Waals surface area contributed by atoms with Gasteiger partial charge in [0.25, 0.3) is 0 Å². The molecule has 0 aliphatic rings. The van der Waals surface area contributed by atoms with Gasteiger partial charge in [0.1, 0.15) is 5.01 Å². The number of thiazole rings is 1. The first-order valence-corrected chi connectivity index (χ1v) is 8.46. The average molecular weight is 355 g/mol. The van der Waals surface area contributed by atoms with E-state index in [1.807, 2.05) is 36.4 Å². The van der Waals surface area contributed by atoms with Crippen LogP contribution in [0, 0.1) is 0 Å². The number of nitrogens with zero attached hydrogens (tertiary/aromatic N) is 1. The SMILES string of the molecule is FC(F)(F)c1ccc(/C=C/c2nc3c(ccc4ccccc43)s2)cc1. The highest BCUT2D eigenvalue weighted by Gasteiger charge is 2.29. The normalized spacial score (nSPS) is 12.4. The first-order valence-electron chi connectivity index (χ1n) is 7.64. The molecular weight excluding hydrogens is 343 g/mol. The second kappa shape index (κ2) is 6.01. The highest BCUT2D eigenvalue weighted by atomic mass is 32.1. The van der Waals surface area contributed by atoms with Crippen LogP contribution in [0.5, 0.6) is 0 Å². The van der Waals surface area contributed by atoms with E-state index in [4.69, 9.17) is 0 Å². The van der Waals surface area contributed by atoms with Crippen LogP contribution in [0.25, 0.3) is 33.1 Å². The second-order valence-corrected chi connectivity index (χ2v) is 6.70. The molecule has 124 valence electrons. The van der Waals surface area contributed by atoms with Gasteiger partial charge in [-0.15, -0.1) is 11.3 Å². The third-order valence-electron chi connectivity index (χ3n) is 3.96. The van der Waals surface area contributed by atoms with Crippen molar-refractivity contribution >= 4 is 44.5 Å². The maximum Gasteiger partial charge on any atom is 0.416 e. The lowest BCUT2D eigenvalue weighted by Gasteiger charge is -2.05. The minimum Gasteiger partial charge on any atom is -0.236 e. The number of benzene rings is 3. The molecule has 4 rings (SSSR count). The lowest BCUT2D eigenvalue weighted by Crippen LogP contribution is -2.03. The van der Waals surface area contributed by atoms with E-state index in [9.17, 15) is 13.2 Å². The monoisotopic (exact) mass is 355 g/mol. The van der Waals surface area contributed by atoms with Gasteiger partial charge < -0.3 is 0 Å². The Morgan fingerprint density at radius 1 is 0.840 bits per heavy atom. The number of alkyl halides is 3. The topological polar surface area (TPSA) is 12.9 Å². The minimum atomic E-state index is -4.31. The fraction of sp³-hybridized carbons (Fsp3) is 0.0500. The quantitative estimate of drug-likeness (QED) is 0.393. The lowest BCUT2D eigenvalue weighted by molar-refractivity contribution is -0.137. The Balaban J connectivity index is 1.66. The molecule has 0 amide bonds. The van der Waals surface area contributed by atoms with Crippen LogP contribution < -0.4 is 0 Å². The van der Waals surface area contributed by atoms with Crippen molar-refractivity contribution < 1.29 is 13.2 Å². The third-order valence-corrected chi connectivity index (χ3v) is 4.94. The molecule has 1 aromatic heterocycles. The minimum absolute atomic E-state index is 0.642. The molecule has 0 aliphatic heterocycles. The average Bonchev–Trinajstić information content (AvgIpc) is 3.03.